The van der Waals surface area contributed by atoms with E-state index in [4.69, 9.17) is 5.11 Å². The minimum Gasteiger partial charge on any atom is -0.481 e. The molecule has 2 N–H and O–H groups in total. The summed E-state index contributed by atoms with van der Waals surface area (Å²) in [4.78, 5) is 32.5. The molecule has 0 aliphatic heterocycles. The minimum atomic E-state index is -0.680. The second kappa shape index (κ2) is 18.4. The summed E-state index contributed by atoms with van der Waals surface area (Å²) in [5.41, 5.74) is 0. The van der Waals surface area contributed by atoms with Crippen molar-refractivity contribution in [2.24, 2.45) is 0 Å². The molecule has 0 radical (unpaired) electrons. The summed E-state index contributed by atoms with van der Waals surface area (Å²) in [6, 6.07) is 0. The molecule has 0 bridgehead atoms. The maximum atomic E-state index is 11.4. The van der Waals surface area contributed by atoms with E-state index in [1.54, 1.807) is 0 Å². The maximum Gasteiger partial charge on any atom is 0.303 e. The number of Topliss-reactive ketones (excluding diaryl/α,β-unsaturated/α-hetero) is 1. The van der Waals surface area contributed by atoms with Crippen LogP contribution in [0.15, 0.2) is 0 Å². The third-order valence-electron chi connectivity index (χ3n) is 4.58. The standard InChI is InChI=1S/C21H39NO4/c1-19(23)18-22-20(24)16-14-12-10-8-6-4-2-3-5-7-9-11-13-15-17-21(25)26/h2-18H2,1H3,(H,22,24)(H,25,26). The van der Waals surface area contributed by atoms with Crippen LogP contribution in [-0.2, 0) is 14.4 Å². The molecule has 5 heteroatoms. The maximum absolute atomic E-state index is 11.4. The van der Waals surface area contributed by atoms with E-state index in [-0.39, 0.29) is 18.2 Å². The average molecular weight is 370 g/mol. The number of nitrogens with one attached hydrogen (secondary N) is 1. The van der Waals surface area contributed by atoms with Gasteiger partial charge >= 0.3 is 5.97 Å². The van der Waals surface area contributed by atoms with E-state index in [9.17, 15) is 14.4 Å². The van der Waals surface area contributed by atoms with Crippen molar-refractivity contribution in [3.05, 3.63) is 0 Å². The number of carboxylic acids is 1. The highest BCUT2D eigenvalue weighted by atomic mass is 16.4. The minimum absolute atomic E-state index is 0.00547. The van der Waals surface area contributed by atoms with Gasteiger partial charge in [0.15, 0.2) is 0 Å². The van der Waals surface area contributed by atoms with Gasteiger partial charge in [0.1, 0.15) is 5.78 Å². The van der Waals surface area contributed by atoms with Crippen molar-refractivity contribution < 1.29 is 19.5 Å². The number of aliphatic carboxylic acids is 1. The molecule has 0 saturated carbocycles. The molecule has 5 nitrogen and oxygen atoms in total. The lowest BCUT2D eigenvalue weighted by Crippen LogP contribution is -2.27. The number of amides is 1. The number of hydrogen-bond acceptors (Lipinski definition) is 3. The van der Waals surface area contributed by atoms with Gasteiger partial charge in [0.05, 0.1) is 6.54 Å². The Kier molecular flexibility index (Phi) is 17.4. The van der Waals surface area contributed by atoms with Crippen molar-refractivity contribution in [2.75, 3.05) is 6.54 Å². The van der Waals surface area contributed by atoms with Gasteiger partial charge in [0.2, 0.25) is 5.91 Å². The highest BCUT2D eigenvalue weighted by Crippen LogP contribution is 2.13. The number of ketones is 1. The first-order valence-electron chi connectivity index (χ1n) is 10.5. The second-order valence-corrected chi connectivity index (χ2v) is 7.32. The Morgan fingerprint density at radius 1 is 0.615 bits per heavy atom. The van der Waals surface area contributed by atoms with Gasteiger partial charge in [-0.25, -0.2) is 0 Å². The first kappa shape index (κ1) is 24.6. The largest absolute Gasteiger partial charge is 0.481 e. The summed E-state index contributed by atoms with van der Waals surface area (Å²) in [7, 11) is 0. The normalized spacial score (nSPS) is 10.7. The zero-order valence-electron chi connectivity index (χ0n) is 16.7. The molecule has 0 aliphatic carbocycles. The number of carbonyl (C=O) groups excluding carboxylic acids is 2. The summed E-state index contributed by atoms with van der Waals surface area (Å²) < 4.78 is 0. The van der Waals surface area contributed by atoms with Crippen LogP contribution in [0.4, 0.5) is 0 Å². The summed E-state index contributed by atoms with van der Waals surface area (Å²) >= 11 is 0. The zero-order chi connectivity index (χ0) is 19.5. The predicted octanol–water partition coefficient (Wildman–Crippen LogP) is 5.02. The fourth-order valence-electron chi connectivity index (χ4n) is 2.99. The Labute approximate surface area is 159 Å². The van der Waals surface area contributed by atoms with Gasteiger partial charge < -0.3 is 10.4 Å². The van der Waals surface area contributed by atoms with Crippen LogP contribution in [0.2, 0.25) is 0 Å². The van der Waals surface area contributed by atoms with Crippen LogP contribution in [0, 0.1) is 0 Å². The molecule has 26 heavy (non-hydrogen) atoms. The summed E-state index contributed by atoms with van der Waals surface area (Å²) in [5, 5.41) is 11.2. The van der Waals surface area contributed by atoms with Crippen LogP contribution in [-0.4, -0.2) is 29.3 Å². The Morgan fingerprint density at radius 3 is 1.31 bits per heavy atom. The molecule has 152 valence electrons. The molecule has 0 aromatic carbocycles. The van der Waals surface area contributed by atoms with Crippen LogP contribution >= 0.6 is 0 Å². The first-order valence-corrected chi connectivity index (χ1v) is 10.5. The number of unbranched alkanes of at least 4 members (excludes halogenated alkanes) is 13. The lowest BCUT2D eigenvalue weighted by Gasteiger charge is -2.04. The van der Waals surface area contributed by atoms with Crippen molar-refractivity contribution >= 4 is 17.7 Å². The Hall–Kier alpha value is -1.39. The fourth-order valence-corrected chi connectivity index (χ4v) is 2.99. The summed E-state index contributed by atoms with van der Waals surface area (Å²) in [6.07, 6.45) is 17.3. The average Bonchev–Trinajstić information content (AvgIpc) is 2.59. The van der Waals surface area contributed by atoms with Crippen molar-refractivity contribution in [3.8, 4) is 0 Å². The van der Waals surface area contributed by atoms with Crippen LogP contribution in [0.5, 0.6) is 0 Å². The van der Waals surface area contributed by atoms with Gasteiger partial charge in [0, 0.05) is 12.8 Å². The third-order valence-corrected chi connectivity index (χ3v) is 4.58. The number of carboxylic acid groups (broad SMARTS) is 1. The quantitative estimate of drug-likeness (QED) is 0.313. The molecule has 1 amide bonds. The van der Waals surface area contributed by atoms with Gasteiger partial charge in [-0.15, -0.1) is 0 Å². The Balaban J connectivity index is 3.12. The van der Waals surface area contributed by atoms with Gasteiger partial charge in [0.25, 0.3) is 0 Å². The molecule has 0 fully saturated rings. The van der Waals surface area contributed by atoms with Crippen LogP contribution in [0.25, 0.3) is 0 Å². The Bertz CT molecular complexity index is 382. The molecule has 0 heterocycles. The summed E-state index contributed by atoms with van der Waals surface area (Å²) in [6.45, 7) is 1.63. The van der Waals surface area contributed by atoms with E-state index in [0.717, 1.165) is 25.7 Å². The van der Waals surface area contributed by atoms with Gasteiger partial charge in [-0.3, -0.25) is 14.4 Å². The van der Waals surface area contributed by atoms with Gasteiger partial charge in [-0.1, -0.05) is 77.0 Å². The van der Waals surface area contributed by atoms with E-state index >= 15 is 0 Å². The first-order chi connectivity index (χ1) is 12.5. The fraction of sp³-hybridized carbons (Fsp3) is 0.857. The molecule has 0 aromatic rings. The van der Waals surface area contributed by atoms with Crippen LogP contribution in [0.3, 0.4) is 0 Å². The van der Waals surface area contributed by atoms with Gasteiger partial charge in [-0.05, 0) is 19.8 Å². The molecule has 0 aromatic heterocycles. The van der Waals surface area contributed by atoms with E-state index in [1.807, 2.05) is 0 Å². The van der Waals surface area contributed by atoms with E-state index in [0.29, 0.717) is 12.8 Å². The molecule has 0 aliphatic rings. The third kappa shape index (κ3) is 20.7. The predicted molar refractivity (Wildman–Crippen MR) is 105 cm³/mol. The smallest absolute Gasteiger partial charge is 0.303 e. The molecular formula is C21H39NO4. The highest BCUT2D eigenvalue weighted by Gasteiger charge is 2.02. The molecule has 0 saturated heterocycles. The highest BCUT2D eigenvalue weighted by molar-refractivity contribution is 5.84. The van der Waals surface area contributed by atoms with Crippen molar-refractivity contribution in [2.45, 2.75) is 110 Å². The molecule has 0 spiro atoms. The number of hydrogen-bond donors (Lipinski definition) is 2. The Morgan fingerprint density at radius 2 is 0.962 bits per heavy atom. The zero-order valence-corrected chi connectivity index (χ0v) is 16.7. The SMILES string of the molecule is CC(=O)CNC(=O)CCCCCCCCCCCCCCCCC(=O)O. The lowest BCUT2D eigenvalue weighted by atomic mass is 10.0. The second-order valence-electron chi connectivity index (χ2n) is 7.32. The van der Waals surface area contributed by atoms with Crippen molar-refractivity contribution in [1.82, 2.24) is 5.32 Å². The lowest BCUT2D eigenvalue weighted by molar-refractivity contribution is -0.137. The molecular weight excluding hydrogens is 330 g/mol. The van der Waals surface area contributed by atoms with Gasteiger partial charge in [-0.2, -0.15) is 0 Å². The van der Waals surface area contributed by atoms with Crippen molar-refractivity contribution in [1.29, 1.82) is 0 Å². The van der Waals surface area contributed by atoms with E-state index < -0.39 is 5.97 Å². The molecule has 0 atom stereocenters. The monoisotopic (exact) mass is 369 g/mol. The van der Waals surface area contributed by atoms with E-state index in [2.05, 4.69) is 5.32 Å². The van der Waals surface area contributed by atoms with E-state index in [1.165, 1.54) is 71.1 Å². The van der Waals surface area contributed by atoms with Crippen LogP contribution in [0.1, 0.15) is 110 Å². The number of rotatable bonds is 19. The molecule has 0 unspecified atom stereocenters. The summed E-state index contributed by atoms with van der Waals surface area (Å²) in [5.74, 6) is -0.698. The van der Waals surface area contributed by atoms with Crippen LogP contribution < -0.4 is 5.32 Å². The molecule has 0 rings (SSSR count). The number of carbonyl (C=O) groups is 3. The van der Waals surface area contributed by atoms with Crippen molar-refractivity contribution in [3.63, 3.8) is 0 Å². The topological polar surface area (TPSA) is 83.5 Å².